The summed E-state index contributed by atoms with van der Waals surface area (Å²) in [5.41, 5.74) is 3.70. The van der Waals surface area contributed by atoms with E-state index in [0.29, 0.717) is 24.2 Å². The van der Waals surface area contributed by atoms with E-state index in [-0.39, 0.29) is 17.9 Å². The molecule has 1 heterocycles. The molecule has 0 aromatic heterocycles. The lowest BCUT2D eigenvalue weighted by molar-refractivity contribution is 0.0768. The first-order valence-electron chi connectivity index (χ1n) is 7.80. The quantitative estimate of drug-likeness (QED) is 0.863. The molecular formula is C19H19NO3. The number of hydrogen-bond donors (Lipinski definition) is 1. The monoisotopic (exact) mass is 309 g/mol. The van der Waals surface area contributed by atoms with Gasteiger partial charge in [0.2, 0.25) is 0 Å². The standard InChI is InChI=1S/C19H19NO3/c1-3-23-12(2)11-14-9-10-15-17(19(22)20-18(15)21)16(14)13-7-5-4-6-8-13/h4-10,12H,3,11H2,1-2H3,(H,20,21,22). The van der Waals surface area contributed by atoms with E-state index in [1.54, 1.807) is 6.07 Å². The third-order valence-electron chi connectivity index (χ3n) is 4.01. The van der Waals surface area contributed by atoms with Crippen molar-refractivity contribution < 1.29 is 14.3 Å². The van der Waals surface area contributed by atoms with Crippen molar-refractivity contribution in [3.63, 3.8) is 0 Å². The van der Waals surface area contributed by atoms with Gasteiger partial charge >= 0.3 is 0 Å². The van der Waals surface area contributed by atoms with E-state index in [9.17, 15) is 9.59 Å². The smallest absolute Gasteiger partial charge is 0.259 e. The Morgan fingerprint density at radius 3 is 2.43 bits per heavy atom. The zero-order valence-electron chi connectivity index (χ0n) is 13.3. The van der Waals surface area contributed by atoms with E-state index >= 15 is 0 Å². The molecule has 3 rings (SSSR count). The van der Waals surface area contributed by atoms with Crippen LogP contribution in [0.3, 0.4) is 0 Å². The van der Waals surface area contributed by atoms with Crippen LogP contribution in [0.25, 0.3) is 11.1 Å². The van der Waals surface area contributed by atoms with Gasteiger partial charge in [-0.15, -0.1) is 0 Å². The fraction of sp³-hybridized carbons (Fsp3) is 0.263. The Morgan fingerprint density at radius 1 is 1.00 bits per heavy atom. The first kappa shape index (κ1) is 15.4. The highest BCUT2D eigenvalue weighted by atomic mass is 16.5. The summed E-state index contributed by atoms with van der Waals surface area (Å²) in [6.45, 7) is 4.62. The summed E-state index contributed by atoms with van der Waals surface area (Å²) < 4.78 is 5.64. The summed E-state index contributed by atoms with van der Waals surface area (Å²) in [6.07, 6.45) is 0.730. The molecule has 0 spiro atoms. The van der Waals surface area contributed by atoms with Gasteiger partial charge < -0.3 is 4.74 Å². The number of fused-ring (bicyclic) bond motifs is 1. The number of ether oxygens (including phenoxy) is 1. The highest BCUT2D eigenvalue weighted by Gasteiger charge is 2.31. The summed E-state index contributed by atoms with van der Waals surface area (Å²) in [5.74, 6) is -0.652. The van der Waals surface area contributed by atoms with Crippen LogP contribution in [0.4, 0.5) is 0 Å². The Labute approximate surface area is 135 Å². The van der Waals surface area contributed by atoms with Gasteiger partial charge in [-0.2, -0.15) is 0 Å². The van der Waals surface area contributed by atoms with Crippen LogP contribution in [-0.4, -0.2) is 24.5 Å². The maximum atomic E-state index is 12.3. The van der Waals surface area contributed by atoms with Crippen LogP contribution in [0, 0.1) is 0 Å². The zero-order chi connectivity index (χ0) is 16.4. The number of imide groups is 1. The van der Waals surface area contributed by atoms with Crippen LogP contribution >= 0.6 is 0 Å². The summed E-state index contributed by atoms with van der Waals surface area (Å²) in [5, 5.41) is 2.39. The van der Waals surface area contributed by atoms with Crippen molar-refractivity contribution in [1.82, 2.24) is 5.32 Å². The number of carbonyl (C=O) groups is 2. The predicted octanol–water partition coefficient (Wildman–Crippen LogP) is 3.20. The molecule has 1 N–H and O–H groups in total. The van der Waals surface area contributed by atoms with Gasteiger partial charge in [-0.25, -0.2) is 0 Å². The average Bonchev–Trinajstić information content (AvgIpc) is 2.83. The number of rotatable bonds is 5. The van der Waals surface area contributed by atoms with Crippen LogP contribution in [0.15, 0.2) is 42.5 Å². The minimum atomic E-state index is -0.327. The molecule has 1 unspecified atom stereocenters. The summed E-state index contributed by atoms with van der Waals surface area (Å²) in [6, 6.07) is 13.4. The fourth-order valence-electron chi connectivity index (χ4n) is 3.06. The molecule has 0 fully saturated rings. The third kappa shape index (κ3) is 2.90. The molecule has 1 aliphatic heterocycles. The minimum Gasteiger partial charge on any atom is -0.378 e. The van der Waals surface area contributed by atoms with Crippen molar-refractivity contribution in [1.29, 1.82) is 0 Å². The molecule has 1 aliphatic rings. The van der Waals surface area contributed by atoms with Crippen LogP contribution in [0.2, 0.25) is 0 Å². The minimum absolute atomic E-state index is 0.0423. The molecule has 0 aliphatic carbocycles. The Hall–Kier alpha value is -2.46. The molecular weight excluding hydrogens is 290 g/mol. The van der Waals surface area contributed by atoms with Gasteiger partial charge in [0.25, 0.3) is 11.8 Å². The van der Waals surface area contributed by atoms with E-state index in [1.807, 2.05) is 50.2 Å². The van der Waals surface area contributed by atoms with E-state index in [1.165, 1.54) is 0 Å². The Bertz CT molecular complexity index is 753. The van der Waals surface area contributed by atoms with Crippen molar-refractivity contribution in [2.45, 2.75) is 26.4 Å². The van der Waals surface area contributed by atoms with E-state index < -0.39 is 0 Å². The van der Waals surface area contributed by atoms with Gasteiger partial charge in [-0.3, -0.25) is 14.9 Å². The van der Waals surface area contributed by atoms with Crippen molar-refractivity contribution in [3.8, 4) is 11.1 Å². The van der Waals surface area contributed by atoms with Gasteiger partial charge in [0.1, 0.15) is 0 Å². The second-order valence-corrected chi connectivity index (χ2v) is 5.64. The Kier molecular flexibility index (Phi) is 4.26. The van der Waals surface area contributed by atoms with Crippen LogP contribution in [-0.2, 0) is 11.2 Å². The molecule has 2 aromatic carbocycles. The van der Waals surface area contributed by atoms with Gasteiger partial charge in [-0.1, -0.05) is 36.4 Å². The molecule has 2 aromatic rings. The fourth-order valence-corrected chi connectivity index (χ4v) is 3.06. The molecule has 0 bridgehead atoms. The number of amides is 2. The average molecular weight is 309 g/mol. The molecule has 1 atom stereocenters. The second-order valence-electron chi connectivity index (χ2n) is 5.64. The molecule has 4 heteroatoms. The third-order valence-corrected chi connectivity index (χ3v) is 4.01. The topological polar surface area (TPSA) is 55.4 Å². The second kappa shape index (κ2) is 6.34. The first-order valence-corrected chi connectivity index (χ1v) is 7.80. The molecule has 2 amide bonds. The summed E-state index contributed by atoms with van der Waals surface area (Å²) >= 11 is 0. The largest absolute Gasteiger partial charge is 0.378 e. The van der Waals surface area contributed by atoms with Gasteiger partial charge in [-0.05, 0) is 43.0 Å². The van der Waals surface area contributed by atoms with Crippen LogP contribution < -0.4 is 5.32 Å². The SMILES string of the molecule is CCOC(C)Cc1ccc2c(c1-c1ccccc1)C(=O)NC2=O. The highest BCUT2D eigenvalue weighted by Crippen LogP contribution is 2.33. The summed E-state index contributed by atoms with van der Waals surface area (Å²) in [4.78, 5) is 24.2. The lowest BCUT2D eigenvalue weighted by atomic mass is 9.89. The Morgan fingerprint density at radius 2 is 1.74 bits per heavy atom. The Balaban J connectivity index is 2.16. The highest BCUT2D eigenvalue weighted by molar-refractivity contribution is 6.24. The maximum absolute atomic E-state index is 12.3. The normalized spacial score (nSPS) is 14.5. The molecule has 23 heavy (non-hydrogen) atoms. The maximum Gasteiger partial charge on any atom is 0.259 e. The summed E-state index contributed by atoms with van der Waals surface area (Å²) in [7, 11) is 0. The van der Waals surface area contributed by atoms with Crippen molar-refractivity contribution in [2.24, 2.45) is 0 Å². The number of nitrogens with one attached hydrogen (secondary N) is 1. The number of hydrogen-bond acceptors (Lipinski definition) is 3. The van der Waals surface area contributed by atoms with Crippen LogP contribution in [0.1, 0.15) is 40.1 Å². The van der Waals surface area contributed by atoms with Gasteiger partial charge in [0.15, 0.2) is 0 Å². The number of benzene rings is 2. The molecule has 0 saturated carbocycles. The van der Waals surface area contributed by atoms with E-state index in [0.717, 1.165) is 16.7 Å². The first-order chi connectivity index (χ1) is 11.1. The van der Waals surface area contributed by atoms with E-state index in [4.69, 9.17) is 4.74 Å². The zero-order valence-corrected chi connectivity index (χ0v) is 13.3. The van der Waals surface area contributed by atoms with Gasteiger partial charge in [0.05, 0.1) is 17.2 Å². The van der Waals surface area contributed by atoms with Crippen molar-refractivity contribution in [3.05, 3.63) is 59.2 Å². The molecule has 0 radical (unpaired) electrons. The van der Waals surface area contributed by atoms with Crippen molar-refractivity contribution >= 4 is 11.8 Å². The molecule has 0 saturated heterocycles. The lowest BCUT2D eigenvalue weighted by Crippen LogP contribution is -2.20. The number of carbonyl (C=O) groups excluding carboxylic acids is 2. The van der Waals surface area contributed by atoms with Gasteiger partial charge in [0, 0.05) is 6.61 Å². The lowest BCUT2D eigenvalue weighted by Gasteiger charge is -2.17. The molecule has 4 nitrogen and oxygen atoms in total. The van der Waals surface area contributed by atoms with E-state index in [2.05, 4.69) is 5.32 Å². The van der Waals surface area contributed by atoms with Crippen molar-refractivity contribution in [2.75, 3.05) is 6.61 Å². The predicted molar refractivity (Wildman–Crippen MR) is 88.5 cm³/mol. The molecule has 118 valence electrons. The van der Waals surface area contributed by atoms with Crippen LogP contribution in [0.5, 0.6) is 0 Å².